The number of anilines is 1. The number of aromatic nitrogens is 2. The molecule has 8 heteroatoms. The quantitative estimate of drug-likeness (QED) is 0.670. The van der Waals surface area contributed by atoms with E-state index in [-0.39, 0.29) is 24.4 Å². The SMILES string of the molecule is COc1cc(NC(=O)CCn2cnc3sc4c(c3c2=O)CCCC4)cc(OC)c1. The van der Waals surface area contributed by atoms with Gasteiger partial charge in [-0.3, -0.25) is 14.2 Å². The van der Waals surface area contributed by atoms with Crippen molar-refractivity contribution in [3.05, 3.63) is 45.3 Å². The molecule has 0 aliphatic heterocycles. The summed E-state index contributed by atoms with van der Waals surface area (Å²) in [6.45, 7) is 0.277. The van der Waals surface area contributed by atoms with Crippen molar-refractivity contribution in [3.8, 4) is 11.5 Å². The molecule has 0 saturated heterocycles. The summed E-state index contributed by atoms with van der Waals surface area (Å²) in [4.78, 5) is 32.0. The summed E-state index contributed by atoms with van der Waals surface area (Å²) in [5, 5.41) is 3.57. The summed E-state index contributed by atoms with van der Waals surface area (Å²) in [5.74, 6) is 0.986. The molecule has 1 aliphatic carbocycles. The summed E-state index contributed by atoms with van der Waals surface area (Å²) in [6, 6.07) is 5.17. The molecule has 0 atom stereocenters. The highest BCUT2D eigenvalue weighted by Crippen LogP contribution is 2.33. The second-order valence-corrected chi connectivity index (χ2v) is 8.12. The first-order chi connectivity index (χ1) is 14.1. The molecule has 2 heterocycles. The number of hydrogen-bond donors (Lipinski definition) is 1. The number of aryl methyl sites for hydroxylation is 3. The van der Waals surface area contributed by atoms with Gasteiger partial charge in [-0.05, 0) is 31.2 Å². The number of methoxy groups -OCH3 is 2. The van der Waals surface area contributed by atoms with Gasteiger partial charge in [-0.25, -0.2) is 4.98 Å². The number of benzene rings is 1. The molecule has 3 aromatic rings. The lowest BCUT2D eigenvalue weighted by molar-refractivity contribution is -0.116. The number of rotatable bonds is 6. The maximum Gasteiger partial charge on any atom is 0.262 e. The molecule has 4 rings (SSSR count). The highest BCUT2D eigenvalue weighted by atomic mass is 32.1. The van der Waals surface area contributed by atoms with Gasteiger partial charge in [0, 0.05) is 41.7 Å². The third-order valence-corrected chi connectivity index (χ3v) is 6.36. The van der Waals surface area contributed by atoms with Crippen LogP contribution < -0.4 is 20.3 Å². The minimum Gasteiger partial charge on any atom is -0.497 e. The van der Waals surface area contributed by atoms with Crippen molar-refractivity contribution in [2.45, 2.75) is 38.6 Å². The van der Waals surface area contributed by atoms with Crippen molar-refractivity contribution in [1.82, 2.24) is 9.55 Å². The van der Waals surface area contributed by atoms with Crippen LogP contribution in [0.5, 0.6) is 11.5 Å². The van der Waals surface area contributed by atoms with Gasteiger partial charge in [-0.2, -0.15) is 0 Å². The van der Waals surface area contributed by atoms with E-state index in [1.807, 2.05) is 0 Å². The maximum absolute atomic E-state index is 13.0. The van der Waals surface area contributed by atoms with Crippen LogP contribution in [0.2, 0.25) is 0 Å². The number of carbonyl (C=O) groups excluding carboxylic acids is 1. The molecular weight excluding hydrogens is 390 g/mol. The van der Waals surface area contributed by atoms with Gasteiger partial charge in [-0.1, -0.05) is 0 Å². The summed E-state index contributed by atoms with van der Waals surface area (Å²) in [7, 11) is 3.11. The fraction of sp³-hybridized carbons (Fsp3) is 0.381. The first-order valence-electron chi connectivity index (χ1n) is 9.61. The number of hydrogen-bond acceptors (Lipinski definition) is 6. The van der Waals surface area contributed by atoms with E-state index in [1.165, 1.54) is 15.9 Å². The molecule has 1 aliphatic rings. The predicted molar refractivity (Wildman–Crippen MR) is 113 cm³/mol. The Morgan fingerprint density at radius 3 is 2.62 bits per heavy atom. The molecule has 0 bridgehead atoms. The van der Waals surface area contributed by atoms with E-state index in [0.717, 1.165) is 35.0 Å². The van der Waals surface area contributed by atoms with Crippen molar-refractivity contribution in [2.24, 2.45) is 0 Å². The van der Waals surface area contributed by atoms with Crippen LogP contribution in [0.3, 0.4) is 0 Å². The van der Waals surface area contributed by atoms with Gasteiger partial charge in [0.25, 0.3) is 5.56 Å². The summed E-state index contributed by atoms with van der Waals surface area (Å²) >= 11 is 1.63. The van der Waals surface area contributed by atoms with Gasteiger partial charge >= 0.3 is 0 Å². The number of carbonyl (C=O) groups is 1. The van der Waals surface area contributed by atoms with Gasteiger partial charge in [0.05, 0.1) is 25.9 Å². The first kappa shape index (κ1) is 19.4. The predicted octanol–water partition coefficient (Wildman–Crippen LogP) is 3.38. The molecule has 0 radical (unpaired) electrons. The standard InChI is InChI=1S/C21H23N3O4S/c1-27-14-9-13(10-15(11-14)28-2)23-18(25)7-8-24-12-22-20-19(21(24)26)16-5-3-4-6-17(16)29-20/h9-12H,3-8H2,1-2H3,(H,23,25). The van der Waals surface area contributed by atoms with Crippen LogP contribution in [-0.4, -0.2) is 29.7 Å². The monoisotopic (exact) mass is 413 g/mol. The first-order valence-corrected chi connectivity index (χ1v) is 10.4. The molecule has 2 aromatic heterocycles. The van der Waals surface area contributed by atoms with Crippen molar-refractivity contribution < 1.29 is 14.3 Å². The Labute approximate surface area is 172 Å². The Hall–Kier alpha value is -2.87. The van der Waals surface area contributed by atoms with Crippen molar-refractivity contribution in [2.75, 3.05) is 19.5 Å². The zero-order chi connectivity index (χ0) is 20.4. The number of ether oxygens (including phenoxy) is 2. The highest BCUT2D eigenvalue weighted by molar-refractivity contribution is 7.18. The van der Waals surface area contributed by atoms with E-state index in [9.17, 15) is 9.59 Å². The average Bonchev–Trinajstić information content (AvgIpc) is 3.12. The Bertz CT molecular complexity index is 1100. The third-order valence-electron chi connectivity index (χ3n) is 5.16. The zero-order valence-electron chi connectivity index (χ0n) is 16.5. The van der Waals surface area contributed by atoms with Crippen LogP contribution in [0, 0.1) is 0 Å². The van der Waals surface area contributed by atoms with E-state index in [2.05, 4.69) is 10.3 Å². The fourth-order valence-electron chi connectivity index (χ4n) is 3.67. The summed E-state index contributed by atoms with van der Waals surface area (Å²) in [6.07, 6.45) is 5.97. The smallest absolute Gasteiger partial charge is 0.262 e. The lowest BCUT2D eigenvalue weighted by atomic mass is 9.97. The Balaban J connectivity index is 1.49. The van der Waals surface area contributed by atoms with Gasteiger partial charge in [-0.15, -0.1) is 11.3 Å². The van der Waals surface area contributed by atoms with Crippen molar-refractivity contribution in [3.63, 3.8) is 0 Å². The molecule has 29 heavy (non-hydrogen) atoms. The molecule has 152 valence electrons. The largest absolute Gasteiger partial charge is 0.497 e. The molecule has 0 fully saturated rings. The van der Waals surface area contributed by atoms with Gasteiger partial charge in [0.1, 0.15) is 16.3 Å². The molecular formula is C21H23N3O4S. The lowest BCUT2D eigenvalue weighted by Crippen LogP contribution is -2.24. The van der Waals surface area contributed by atoms with Gasteiger partial charge < -0.3 is 14.8 Å². The maximum atomic E-state index is 13.0. The molecule has 0 unspecified atom stereocenters. The van der Waals surface area contributed by atoms with E-state index >= 15 is 0 Å². The zero-order valence-corrected chi connectivity index (χ0v) is 17.3. The molecule has 0 spiro atoms. The minimum absolute atomic E-state index is 0.0507. The summed E-state index contributed by atoms with van der Waals surface area (Å²) < 4.78 is 12.0. The van der Waals surface area contributed by atoms with Crippen LogP contribution in [0.4, 0.5) is 5.69 Å². The molecule has 1 N–H and O–H groups in total. The van der Waals surface area contributed by atoms with Gasteiger partial charge in [0.2, 0.25) is 5.91 Å². The summed E-state index contributed by atoms with van der Waals surface area (Å²) in [5.41, 5.74) is 1.69. The topological polar surface area (TPSA) is 82.5 Å². The average molecular weight is 413 g/mol. The van der Waals surface area contributed by atoms with E-state index < -0.39 is 0 Å². The number of thiophene rings is 1. The van der Waals surface area contributed by atoms with Crippen molar-refractivity contribution in [1.29, 1.82) is 0 Å². The van der Waals surface area contributed by atoms with Crippen LogP contribution in [-0.2, 0) is 24.2 Å². The molecule has 1 amide bonds. The minimum atomic E-state index is -0.195. The Morgan fingerprint density at radius 2 is 1.90 bits per heavy atom. The van der Waals surface area contributed by atoms with E-state index in [1.54, 1.807) is 50.1 Å². The molecule has 0 saturated carbocycles. The normalized spacial score (nSPS) is 13.2. The number of fused-ring (bicyclic) bond motifs is 3. The van der Waals surface area contributed by atoms with Gasteiger partial charge in [0.15, 0.2) is 0 Å². The number of nitrogens with one attached hydrogen (secondary N) is 1. The second-order valence-electron chi connectivity index (χ2n) is 7.03. The van der Waals surface area contributed by atoms with Crippen molar-refractivity contribution >= 4 is 33.1 Å². The number of nitrogens with zero attached hydrogens (tertiary/aromatic N) is 2. The van der Waals surface area contributed by atoms with E-state index in [0.29, 0.717) is 17.2 Å². The van der Waals surface area contributed by atoms with E-state index in [4.69, 9.17) is 9.47 Å². The second kappa shape index (κ2) is 8.24. The third kappa shape index (κ3) is 3.98. The van der Waals surface area contributed by atoms with Crippen LogP contribution >= 0.6 is 11.3 Å². The lowest BCUT2D eigenvalue weighted by Gasteiger charge is -2.11. The Kier molecular flexibility index (Phi) is 5.53. The molecule has 1 aromatic carbocycles. The van der Waals surface area contributed by atoms with Crippen LogP contribution in [0.1, 0.15) is 29.7 Å². The molecule has 7 nitrogen and oxygen atoms in total. The number of amides is 1. The highest BCUT2D eigenvalue weighted by Gasteiger charge is 2.20. The Morgan fingerprint density at radius 1 is 1.17 bits per heavy atom. The fourth-order valence-corrected chi connectivity index (χ4v) is 4.89. The van der Waals surface area contributed by atoms with Crippen LogP contribution in [0.15, 0.2) is 29.3 Å². The van der Waals surface area contributed by atoms with Crippen LogP contribution in [0.25, 0.3) is 10.2 Å².